The van der Waals surface area contributed by atoms with E-state index in [1.54, 1.807) is 6.92 Å². The van der Waals surface area contributed by atoms with Crippen molar-refractivity contribution in [2.45, 2.75) is 25.9 Å². The van der Waals surface area contributed by atoms with Crippen LogP contribution in [0.5, 0.6) is 5.88 Å². The number of aryl methyl sites for hydroxylation is 1. The van der Waals surface area contributed by atoms with Crippen molar-refractivity contribution < 1.29 is 17.5 Å². The molecule has 1 aromatic heterocycles. The van der Waals surface area contributed by atoms with Crippen LogP contribution in [-0.4, -0.2) is 48.1 Å². The normalized spacial score (nSPS) is 20.7. The molecule has 8 heteroatoms. The Morgan fingerprint density at radius 1 is 1.53 bits per heavy atom. The molecule has 0 amide bonds. The zero-order valence-corrected chi connectivity index (χ0v) is 11.7. The van der Waals surface area contributed by atoms with E-state index in [0.717, 1.165) is 6.26 Å². The van der Waals surface area contributed by atoms with Crippen molar-refractivity contribution in [3.05, 3.63) is 17.8 Å². The lowest BCUT2D eigenvalue weighted by Crippen LogP contribution is -2.30. The van der Waals surface area contributed by atoms with Crippen LogP contribution in [0.4, 0.5) is 4.39 Å². The molecule has 1 aliphatic rings. The Balaban J connectivity index is 2.08. The van der Waals surface area contributed by atoms with E-state index in [4.69, 9.17) is 4.74 Å². The Morgan fingerprint density at radius 2 is 2.26 bits per heavy atom. The van der Waals surface area contributed by atoms with Gasteiger partial charge in [0, 0.05) is 6.54 Å². The number of rotatable bonds is 4. The van der Waals surface area contributed by atoms with Gasteiger partial charge in [-0.15, -0.1) is 0 Å². The maximum Gasteiger partial charge on any atom is 0.254 e. The highest BCUT2D eigenvalue weighted by molar-refractivity contribution is 7.88. The molecule has 0 unspecified atom stereocenters. The van der Waals surface area contributed by atoms with E-state index in [9.17, 15) is 12.8 Å². The minimum atomic E-state index is -3.22. The lowest BCUT2D eigenvalue weighted by molar-refractivity contribution is 0.195. The highest BCUT2D eigenvalue weighted by Gasteiger charge is 2.30. The third-order valence-electron chi connectivity index (χ3n) is 3.02. The van der Waals surface area contributed by atoms with Crippen LogP contribution < -0.4 is 4.74 Å². The molecule has 1 fully saturated rings. The minimum absolute atomic E-state index is 0.104. The average Bonchev–Trinajstić information content (AvgIpc) is 2.80. The van der Waals surface area contributed by atoms with Gasteiger partial charge in [0.1, 0.15) is 12.4 Å². The number of nitrogens with zero attached hydrogens (tertiary/aromatic N) is 3. The van der Waals surface area contributed by atoms with Gasteiger partial charge in [-0.25, -0.2) is 13.4 Å². The Labute approximate surface area is 111 Å². The first-order valence-electron chi connectivity index (χ1n) is 6.03. The summed E-state index contributed by atoms with van der Waals surface area (Å²) >= 11 is 0. The zero-order valence-electron chi connectivity index (χ0n) is 10.8. The number of sulfonamides is 1. The number of halogens is 1. The Bertz CT molecular complexity index is 564. The van der Waals surface area contributed by atoms with Crippen molar-refractivity contribution in [1.29, 1.82) is 0 Å². The molecule has 1 aliphatic heterocycles. The maximum atomic E-state index is 13.9. The molecular weight excluding hydrogens is 273 g/mol. The van der Waals surface area contributed by atoms with Crippen molar-refractivity contribution in [3.8, 4) is 5.88 Å². The molecule has 0 saturated carbocycles. The summed E-state index contributed by atoms with van der Waals surface area (Å²) < 4.78 is 43.4. The number of aromatic nitrogens is 2. The van der Waals surface area contributed by atoms with E-state index < -0.39 is 15.8 Å². The highest BCUT2D eigenvalue weighted by Crippen LogP contribution is 2.21. The lowest BCUT2D eigenvalue weighted by Gasteiger charge is -2.15. The van der Waals surface area contributed by atoms with Crippen molar-refractivity contribution in [3.63, 3.8) is 0 Å². The predicted octanol–water partition coefficient (Wildman–Crippen LogP) is 0.591. The van der Waals surface area contributed by atoms with Crippen LogP contribution in [0.15, 0.2) is 6.33 Å². The zero-order chi connectivity index (χ0) is 14.0. The third-order valence-corrected chi connectivity index (χ3v) is 4.29. The molecule has 1 aromatic rings. The van der Waals surface area contributed by atoms with E-state index in [0.29, 0.717) is 25.1 Å². The molecule has 1 saturated heterocycles. The second-order valence-electron chi connectivity index (χ2n) is 4.44. The summed E-state index contributed by atoms with van der Waals surface area (Å²) in [6.45, 7) is 2.40. The van der Waals surface area contributed by atoms with Gasteiger partial charge in [0.2, 0.25) is 15.8 Å². The van der Waals surface area contributed by atoms with E-state index in [1.165, 1.54) is 10.6 Å². The van der Waals surface area contributed by atoms with Gasteiger partial charge in [-0.1, -0.05) is 6.92 Å². The second-order valence-corrected chi connectivity index (χ2v) is 6.43. The predicted molar refractivity (Wildman–Crippen MR) is 66.8 cm³/mol. The first kappa shape index (κ1) is 14.1. The second kappa shape index (κ2) is 5.38. The standard InChI is InChI=1S/C11H16FN3O3S/c1-3-9-10(12)11(14-7-13-9)18-8-4-5-15(6-8)19(2,16)17/h7-8H,3-6H2,1-2H3/t8-/m0/s1. The summed E-state index contributed by atoms with van der Waals surface area (Å²) in [4.78, 5) is 7.58. The molecule has 0 aromatic carbocycles. The van der Waals surface area contributed by atoms with E-state index in [2.05, 4.69) is 9.97 Å². The van der Waals surface area contributed by atoms with Gasteiger partial charge in [0.25, 0.3) is 5.88 Å². The van der Waals surface area contributed by atoms with Crippen LogP contribution >= 0.6 is 0 Å². The van der Waals surface area contributed by atoms with Crippen LogP contribution in [-0.2, 0) is 16.4 Å². The van der Waals surface area contributed by atoms with Crippen LogP contribution in [0.25, 0.3) is 0 Å². The van der Waals surface area contributed by atoms with Gasteiger partial charge in [0.05, 0.1) is 18.5 Å². The lowest BCUT2D eigenvalue weighted by atomic mass is 10.3. The van der Waals surface area contributed by atoms with Crippen molar-refractivity contribution >= 4 is 10.0 Å². The van der Waals surface area contributed by atoms with E-state index in [1.807, 2.05) is 0 Å². The first-order chi connectivity index (χ1) is 8.91. The molecule has 0 spiro atoms. The topological polar surface area (TPSA) is 72.4 Å². The summed E-state index contributed by atoms with van der Waals surface area (Å²) in [5, 5.41) is 0. The third kappa shape index (κ3) is 3.19. The van der Waals surface area contributed by atoms with Gasteiger partial charge in [-0.2, -0.15) is 13.7 Å². The molecule has 0 bridgehead atoms. The molecule has 0 radical (unpaired) electrons. The molecular formula is C11H16FN3O3S. The smallest absolute Gasteiger partial charge is 0.254 e. The fourth-order valence-electron chi connectivity index (χ4n) is 1.97. The fourth-order valence-corrected chi connectivity index (χ4v) is 2.84. The van der Waals surface area contributed by atoms with Crippen LogP contribution in [0, 0.1) is 5.82 Å². The maximum absolute atomic E-state index is 13.9. The summed E-state index contributed by atoms with van der Waals surface area (Å²) in [5.74, 6) is -0.671. The van der Waals surface area contributed by atoms with Crippen LogP contribution in [0.2, 0.25) is 0 Å². The molecule has 0 aliphatic carbocycles. The van der Waals surface area contributed by atoms with Gasteiger partial charge in [-0.05, 0) is 12.8 Å². The summed E-state index contributed by atoms with van der Waals surface area (Å²) in [7, 11) is -3.22. The molecule has 2 heterocycles. The number of ether oxygens (including phenoxy) is 1. The highest BCUT2D eigenvalue weighted by atomic mass is 32.2. The van der Waals surface area contributed by atoms with Crippen LogP contribution in [0.3, 0.4) is 0 Å². The van der Waals surface area contributed by atoms with Gasteiger partial charge in [-0.3, -0.25) is 0 Å². The largest absolute Gasteiger partial charge is 0.471 e. The quantitative estimate of drug-likeness (QED) is 0.811. The molecule has 0 N–H and O–H groups in total. The minimum Gasteiger partial charge on any atom is -0.471 e. The molecule has 1 atom stereocenters. The Kier molecular flexibility index (Phi) is 4.00. The Hall–Kier alpha value is -1.28. The summed E-state index contributed by atoms with van der Waals surface area (Å²) in [6, 6.07) is 0. The van der Waals surface area contributed by atoms with Gasteiger partial charge < -0.3 is 4.74 Å². The van der Waals surface area contributed by atoms with Gasteiger partial charge in [0.15, 0.2) is 0 Å². The average molecular weight is 289 g/mol. The molecule has 6 nitrogen and oxygen atoms in total. The van der Waals surface area contributed by atoms with Gasteiger partial charge >= 0.3 is 0 Å². The van der Waals surface area contributed by atoms with Crippen molar-refractivity contribution in [2.75, 3.05) is 19.3 Å². The molecule has 19 heavy (non-hydrogen) atoms. The number of hydrogen-bond donors (Lipinski definition) is 0. The van der Waals surface area contributed by atoms with Crippen molar-refractivity contribution in [1.82, 2.24) is 14.3 Å². The van der Waals surface area contributed by atoms with Crippen molar-refractivity contribution in [2.24, 2.45) is 0 Å². The summed E-state index contributed by atoms with van der Waals surface area (Å²) in [6.07, 6.45) is 3.00. The molecule has 106 valence electrons. The fraction of sp³-hybridized carbons (Fsp3) is 0.636. The first-order valence-corrected chi connectivity index (χ1v) is 7.87. The SMILES string of the molecule is CCc1ncnc(O[C@H]2CCN(S(C)(=O)=O)C2)c1F. The Morgan fingerprint density at radius 3 is 2.84 bits per heavy atom. The summed E-state index contributed by atoms with van der Waals surface area (Å²) in [5.41, 5.74) is 0.294. The van der Waals surface area contributed by atoms with Crippen LogP contribution in [0.1, 0.15) is 19.0 Å². The molecule has 2 rings (SSSR count). The van der Waals surface area contributed by atoms with E-state index >= 15 is 0 Å². The number of hydrogen-bond acceptors (Lipinski definition) is 5. The van der Waals surface area contributed by atoms with E-state index in [-0.39, 0.29) is 18.5 Å². The monoisotopic (exact) mass is 289 g/mol.